The fourth-order valence-corrected chi connectivity index (χ4v) is 7.76. The Hall–Kier alpha value is -3.02. The van der Waals surface area contributed by atoms with Crippen LogP contribution in [0.25, 0.3) is 11.1 Å². The minimum atomic E-state index is -0.650. The van der Waals surface area contributed by atoms with Gasteiger partial charge in [0, 0.05) is 31.4 Å². The van der Waals surface area contributed by atoms with Gasteiger partial charge in [0.25, 0.3) is 0 Å². The smallest absolute Gasteiger partial charge is 0.0716 e. The van der Waals surface area contributed by atoms with Gasteiger partial charge < -0.3 is 10.2 Å². The van der Waals surface area contributed by atoms with E-state index in [1.54, 1.807) is 23.5 Å². The highest BCUT2D eigenvalue weighted by Crippen LogP contribution is 2.50. The fraction of sp³-hybridized carbons (Fsp3) is 0.125. The van der Waals surface area contributed by atoms with Crippen LogP contribution in [0.2, 0.25) is 0 Å². The Morgan fingerprint density at radius 3 is 1.03 bits per heavy atom. The van der Waals surface area contributed by atoms with Gasteiger partial charge in [0.2, 0.25) is 0 Å². The lowest BCUT2D eigenvalue weighted by atomic mass is 9.66. The summed E-state index contributed by atoms with van der Waals surface area (Å²) in [7, 11) is 0. The molecule has 176 valence electrons. The van der Waals surface area contributed by atoms with Gasteiger partial charge in [0.15, 0.2) is 0 Å². The molecule has 1 aliphatic carbocycles. The number of hydrogen-bond acceptors (Lipinski definition) is 4. The maximum absolute atomic E-state index is 11.3. The molecule has 36 heavy (non-hydrogen) atoms. The van der Waals surface area contributed by atoms with E-state index in [4.69, 9.17) is 0 Å². The third kappa shape index (κ3) is 3.52. The lowest BCUT2D eigenvalue weighted by molar-refractivity contribution is -0.109. The van der Waals surface area contributed by atoms with Gasteiger partial charge in [0.1, 0.15) is 0 Å². The van der Waals surface area contributed by atoms with Crippen LogP contribution in [0.4, 0.5) is 0 Å². The zero-order chi connectivity index (χ0) is 24.2. The summed E-state index contributed by atoms with van der Waals surface area (Å²) in [5, 5.41) is 22.7. The second kappa shape index (κ2) is 8.82. The Balaban J connectivity index is 1.27. The normalized spacial score (nSPS) is 23.5. The second-order valence-corrected chi connectivity index (χ2v) is 11.7. The monoisotopic (exact) mass is 504 g/mol. The van der Waals surface area contributed by atoms with Crippen molar-refractivity contribution in [3.05, 3.63) is 131 Å². The third-order valence-corrected chi connectivity index (χ3v) is 9.75. The molecule has 3 aliphatic rings. The molecule has 2 aliphatic heterocycles. The van der Waals surface area contributed by atoms with Crippen LogP contribution in [-0.2, 0) is 0 Å². The molecule has 2 nitrogen and oxygen atoms in total. The number of aliphatic hydroxyl groups is 2. The van der Waals surface area contributed by atoms with Crippen molar-refractivity contribution in [2.45, 2.75) is 31.8 Å². The Bertz CT molecular complexity index is 1330. The lowest BCUT2D eigenvalue weighted by Gasteiger charge is -2.45. The van der Waals surface area contributed by atoms with Crippen LogP contribution in [0.1, 0.15) is 22.3 Å². The molecule has 1 fully saturated rings. The van der Waals surface area contributed by atoms with Crippen molar-refractivity contribution < 1.29 is 10.2 Å². The Morgan fingerprint density at radius 1 is 0.444 bits per heavy atom. The van der Waals surface area contributed by atoms with Gasteiger partial charge in [-0.25, -0.2) is 0 Å². The highest BCUT2D eigenvalue weighted by Gasteiger charge is 2.47. The standard InChI is InChI=1S/C32H24O2S2/c33-31-25(17-23-19-9-1-5-13-27(19)35-28-14-6-2-10-20(23)28)32(34)26(31)18-24-21-11-3-7-15-29(21)36-30-16-8-4-12-22(24)30/h1-18,25-26,31-34H. The molecule has 2 N–H and O–H groups in total. The summed E-state index contributed by atoms with van der Waals surface area (Å²) in [5.74, 6) is -0.649. The third-order valence-electron chi connectivity index (χ3n) is 7.44. The molecule has 0 amide bonds. The first-order valence-corrected chi connectivity index (χ1v) is 13.9. The number of aliphatic hydroxyl groups excluding tert-OH is 2. The molecule has 0 atom stereocenters. The maximum Gasteiger partial charge on any atom is 0.0716 e. The van der Waals surface area contributed by atoms with E-state index < -0.39 is 12.2 Å². The number of fused-ring (bicyclic) bond motifs is 4. The average Bonchev–Trinajstić information content (AvgIpc) is 2.93. The van der Waals surface area contributed by atoms with E-state index in [2.05, 4.69) is 109 Å². The molecule has 1 saturated carbocycles. The molecule has 4 heteroatoms. The van der Waals surface area contributed by atoms with Gasteiger partial charge in [-0.1, -0.05) is 108 Å². The van der Waals surface area contributed by atoms with Gasteiger partial charge >= 0.3 is 0 Å². The van der Waals surface area contributed by atoms with Crippen LogP contribution in [0.3, 0.4) is 0 Å². The van der Waals surface area contributed by atoms with Gasteiger partial charge in [-0.3, -0.25) is 0 Å². The number of benzene rings is 4. The van der Waals surface area contributed by atoms with Gasteiger partial charge in [0.05, 0.1) is 12.2 Å². The molecule has 0 bridgehead atoms. The molecular weight excluding hydrogens is 480 g/mol. The van der Waals surface area contributed by atoms with Crippen molar-refractivity contribution >= 4 is 34.7 Å². The average molecular weight is 505 g/mol. The number of hydrogen-bond donors (Lipinski definition) is 2. The minimum absolute atomic E-state index is 0.325. The van der Waals surface area contributed by atoms with Crippen molar-refractivity contribution in [3.63, 3.8) is 0 Å². The molecule has 0 unspecified atom stereocenters. The molecule has 0 radical (unpaired) electrons. The molecule has 0 aromatic heterocycles. The summed E-state index contributed by atoms with van der Waals surface area (Å²) in [5.41, 5.74) is 6.84. The van der Waals surface area contributed by atoms with E-state index in [1.165, 1.54) is 19.6 Å². The molecule has 0 spiro atoms. The lowest BCUT2D eigenvalue weighted by Crippen LogP contribution is -2.53. The quantitative estimate of drug-likeness (QED) is 0.263. The van der Waals surface area contributed by atoms with Gasteiger partial charge in [-0.2, -0.15) is 0 Å². The zero-order valence-corrected chi connectivity index (χ0v) is 21.0. The van der Waals surface area contributed by atoms with E-state index >= 15 is 0 Å². The summed E-state index contributed by atoms with van der Waals surface area (Å²) in [6.45, 7) is 0. The van der Waals surface area contributed by atoms with E-state index in [0.29, 0.717) is 0 Å². The predicted molar refractivity (Wildman–Crippen MR) is 147 cm³/mol. The minimum Gasteiger partial charge on any atom is -0.392 e. The highest BCUT2D eigenvalue weighted by atomic mass is 32.2. The Morgan fingerprint density at radius 2 is 0.722 bits per heavy atom. The second-order valence-electron chi connectivity index (χ2n) is 9.49. The summed E-state index contributed by atoms with van der Waals surface area (Å²) < 4.78 is 0. The van der Waals surface area contributed by atoms with Crippen molar-refractivity contribution in [2.24, 2.45) is 11.8 Å². The maximum atomic E-state index is 11.3. The number of rotatable bonds is 2. The summed E-state index contributed by atoms with van der Waals surface area (Å²) >= 11 is 3.55. The molecular formula is C32H24O2S2. The Kier molecular flexibility index (Phi) is 5.44. The Labute approximate surface area is 219 Å². The molecule has 2 heterocycles. The van der Waals surface area contributed by atoms with E-state index in [9.17, 15) is 10.2 Å². The van der Waals surface area contributed by atoms with Crippen molar-refractivity contribution in [3.8, 4) is 0 Å². The summed E-state index contributed by atoms with van der Waals surface area (Å²) in [4.78, 5) is 4.82. The van der Waals surface area contributed by atoms with Crippen LogP contribution in [0.5, 0.6) is 0 Å². The van der Waals surface area contributed by atoms with Crippen LogP contribution in [-0.4, -0.2) is 22.4 Å². The fourth-order valence-electron chi connectivity index (χ4n) is 5.55. The molecule has 4 aromatic rings. The first-order valence-electron chi connectivity index (χ1n) is 12.2. The largest absolute Gasteiger partial charge is 0.392 e. The van der Waals surface area contributed by atoms with Crippen LogP contribution < -0.4 is 0 Å². The highest BCUT2D eigenvalue weighted by molar-refractivity contribution is 7.99. The molecule has 7 rings (SSSR count). The summed E-state index contributed by atoms with van der Waals surface area (Å²) in [6, 6.07) is 33.5. The van der Waals surface area contributed by atoms with E-state index in [1.807, 2.05) is 0 Å². The van der Waals surface area contributed by atoms with Gasteiger partial charge in [-0.05, 0) is 57.7 Å². The summed E-state index contributed by atoms with van der Waals surface area (Å²) in [6.07, 6.45) is 2.89. The van der Waals surface area contributed by atoms with Gasteiger partial charge in [-0.15, -0.1) is 0 Å². The van der Waals surface area contributed by atoms with Crippen LogP contribution in [0, 0.1) is 11.8 Å². The van der Waals surface area contributed by atoms with Crippen LogP contribution >= 0.6 is 23.5 Å². The van der Waals surface area contributed by atoms with Crippen LogP contribution in [0.15, 0.2) is 129 Å². The topological polar surface area (TPSA) is 40.5 Å². The molecule has 0 saturated heterocycles. The zero-order valence-electron chi connectivity index (χ0n) is 19.4. The molecule has 4 aromatic carbocycles. The van der Waals surface area contributed by atoms with Crippen molar-refractivity contribution in [2.75, 3.05) is 0 Å². The van der Waals surface area contributed by atoms with Crippen molar-refractivity contribution in [1.29, 1.82) is 0 Å². The SMILES string of the molecule is OC1C(C=C2c3ccccc3Sc3ccccc32)C(O)C1C=C1c2ccccc2Sc2ccccc21. The predicted octanol–water partition coefficient (Wildman–Crippen LogP) is 7.15. The first kappa shape index (κ1) is 22.2. The first-order chi connectivity index (χ1) is 17.7. The van der Waals surface area contributed by atoms with E-state index in [-0.39, 0.29) is 11.8 Å². The van der Waals surface area contributed by atoms with Crippen molar-refractivity contribution in [1.82, 2.24) is 0 Å². The van der Waals surface area contributed by atoms with E-state index in [0.717, 1.165) is 33.4 Å².